The molecule has 0 aromatic heterocycles. The molecule has 46 heavy (non-hydrogen) atoms. The molecule has 0 spiro atoms. The Labute approximate surface area is 275 Å². The van der Waals surface area contributed by atoms with Crippen LogP contribution in [0.2, 0.25) is 0 Å². The molecule has 0 aliphatic heterocycles. The molecule has 4 rings (SSSR count). The zero-order valence-corrected chi connectivity index (χ0v) is 29.7. The summed E-state index contributed by atoms with van der Waals surface area (Å²) in [6, 6.07) is 0. The molecule has 0 heterocycles. The Morgan fingerprint density at radius 2 is 1.63 bits per heavy atom. The van der Waals surface area contributed by atoms with Crippen molar-refractivity contribution < 1.29 is 34.1 Å². The minimum Gasteiger partial charge on any atom is -0.481 e. The van der Waals surface area contributed by atoms with Crippen LogP contribution in [0.15, 0.2) is 16.6 Å². The molecule has 0 aromatic rings. The molecule has 6 N–H and O–H groups in total. The van der Waals surface area contributed by atoms with Gasteiger partial charge in [0.2, 0.25) is 0 Å². The molecule has 0 bridgehead atoms. The third-order valence-electron chi connectivity index (χ3n) is 14.1. The number of ether oxygens (including phenoxy) is 2. The third-order valence-corrected chi connectivity index (χ3v) is 14.1. The highest BCUT2D eigenvalue weighted by molar-refractivity contribution is 5.80. The first-order valence-electron chi connectivity index (χ1n) is 17.1. The van der Waals surface area contributed by atoms with E-state index in [-0.39, 0.29) is 47.5 Å². The van der Waals surface area contributed by atoms with Crippen LogP contribution in [-0.4, -0.2) is 58.9 Å². The number of fused-ring (bicyclic) bond motifs is 5. The number of guanidine groups is 1. The topological polar surface area (TPSA) is 175 Å². The van der Waals surface area contributed by atoms with Gasteiger partial charge in [0.05, 0.1) is 12.0 Å². The lowest BCUT2D eigenvalue weighted by molar-refractivity contribution is -0.230. The molecule has 0 unspecified atom stereocenters. The molecule has 3 fully saturated rings. The van der Waals surface area contributed by atoms with E-state index in [0.717, 1.165) is 31.3 Å². The summed E-state index contributed by atoms with van der Waals surface area (Å²) in [6.45, 7) is 20.1. The zero-order chi connectivity index (χ0) is 34.8. The minimum absolute atomic E-state index is 0.0487. The number of nitrogens with two attached hydrogens (primary N) is 2. The lowest BCUT2D eigenvalue weighted by atomic mass is 9.34. The molecule has 4 aliphatic carbocycles. The highest BCUT2D eigenvalue weighted by Crippen LogP contribution is 2.74. The van der Waals surface area contributed by atoms with Crippen LogP contribution in [0.5, 0.6) is 0 Å². The van der Waals surface area contributed by atoms with Crippen LogP contribution >= 0.6 is 0 Å². The van der Waals surface area contributed by atoms with Gasteiger partial charge in [-0.2, -0.15) is 0 Å². The maximum atomic E-state index is 13.3. The number of hydrogen-bond acceptors (Lipinski definition) is 7. The summed E-state index contributed by atoms with van der Waals surface area (Å²) in [5.41, 5.74) is 9.39. The Kier molecular flexibility index (Phi) is 9.54. The van der Waals surface area contributed by atoms with Gasteiger partial charge in [-0.15, -0.1) is 0 Å². The first-order chi connectivity index (χ1) is 21.1. The van der Waals surface area contributed by atoms with Gasteiger partial charge < -0.3 is 31.2 Å². The molecule has 0 aromatic carbocycles. The average molecular weight is 646 g/mol. The van der Waals surface area contributed by atoms with Gasteiger partial charge in [-0.3, -0.25) is 14.4 Å². The predicted octanol–water partition coefficient (Wildman–Crippen LogP) is 5.06. The quantitative estimate of drug-likeness (QED) is 0.122. The van der Waals surface area contributed by atoms with Crippen molar-refractivity contribution in [3.8, 4) is 0 Å². The number of aliphatic imine (C=N–C) groups is 1. The van der Waals surface area contributed by atoms with Gasteiger partial charge in [-0.25, -0.2) is 4.99 Å². The minimum atomic E-state index is -0.810. The lowest BCUT2D eigenvalue weighted by Crippen LogP contribution is -2.68. The Bertz CT molecular complexity index is 1290. The van der Waals surface area contributed by atoms with E-state index < -0.39 is 58.4 Å². The van der Waals surface area contributed by atoms with E-state index in [1.165, 1.54) is 6.92 Å². The van der Waals surface area contributed by atoms with Crippen LogP contribution in [0.3, 0.4) is 0 Å². The number of carbonyl (C=O) groups excluding carboxylic acids is 2. The van der Waals surface area contributed by atoms with Crippen molar-refractivity contribution in [1.82, 2.24) is 0 Å². The first kappa shape index (κ1) is 36.2. The van der Waals surface area contributed by atoms with Crippen LogP contribution in [0, 0.1) is 56.7 Å². The summed E-state index contributed by atoms with van der Waals surface area (Å²) in [5.74, 6) is -2.06. The van der Waals surface area contributed by atoms with E-state index in [4.69, 9.17) is 20.9 Å². The average Bonchev–Trinajstić information content (AvgIpc) is 2.93. The van der Waals surface area contributed by atoms with E-state index in [1.54, 1.807) is 0 Å². The summed E-state index contributed by atoms with van der Waals surface area (Å²) in [6.07, 6.45) is 4.04. The summed E-state index contributed by atoms with van der Waals surface area (Å²) in [7, 11) is 0. The molecule has 4 aliphatic rings. The summed E-state index contributed by atoms with van der Waals surface area (Å²) in [5, 5.41) is 22.8. The molecule has 11 atom stereocenters. The van der Waals surface area contributed by atoms with Crippen molar-refractivity contribution in [3.05, 3.63) is 11.6 Å². The van der Waals surface area contributed by atoms with E-state index in [0.29, 0.717) is 12.3 Å². The molecular formula is C36H59N3O7. The highest BCUT2D eigenvalue weighted by atomic mass is 16.6. The van der Waals surface area contributed by atoms with Gasteiger partial charge in [0.25, 0.3) is 0 Å². The molecule has 3 saturated carbocycles. The van der Waals surface area contributed by atoms with Crippen molar-refractivity contribution >= 4 is 23.9 Å². The number of carboxylic acid groups (broad SMARTS) is 1. The monoisotopic (exact) mass is 645 g/mol. The maximum absolute atomic E-state index is 13.3. The van der Waals surface area contributed by atoms with Crippen LogP contribution in [0.25, 0.3) is 0 Å². The third kappa shape index (κ3) is 5.34. The Hall–Kier alpha value is -2.62. The number of aliphatic hydroxyl groups excluding tert-OH is 1. The molecule has 10 heteroatoms. The molecule has 10 nitrogen and oxygen atoms in total. The number of carbonyl (C=O) groups is 3. The van der Waals surface area contributed by atoms with Gasteiger partial charge >= 0.3 is 17.9 Å². The molecule has 0 amide bonds. The Morgan fingerprint density at radius 3 is 2.15 bits per heavy atom. The van der Waals surface area contributed by atoms with Crippen molar-refractivity contribution in [2.45, 2.75) is 126 Å². The van der Waals surface area contributed by atoms with Crippen LogP contribution in [0.1, 0.15) is 108 Å². The fourth-order valence-electron chi connectivity index (χ4n) is 11.3. The second-order valence-corrected chi connectivity index (χ2v) is 16.7. The second-order valence-electron chi connectivity index (χ2n) is 16.7. The lowest BCUT2D eigenvalue weighted by Gasteiger charge is -2.70. The number of nitrogens with zero attached hydrogens (tertiary/aromatic N) is 1. The zero-order valence-electron chi connectivity index (χ0n) is 29.7. The fraction of sp³-hybridized carbons (Fsp3) is 0.833. The summed E-state index contributed by atoms with van der Waals surface area (Å²) in [4.78, 5) is 42.5. The maximum Gasteiger partial charge on any atom is 0.328 e. The number of esters is 2. The van der Waals surface area contributed by atoms with E-state index in [2.05, 4.69) is 52.6 Å². The van der Waals surface area contributed by atoms with E-state index in [9.17, 15) is 24.6 Å². The van der Waals surface area contributed by atoms with Crippen molar-refractivity contribution in [2.75, 3.05) is 6.54 Å². The SMILES string of the molecule is CC(=O)O[C@@H]1C[C@]2([C@H](C)O)C3=CC[C@@]4(C)[C@H](C(=O)O)[C@@](C)([C@H](C)C(C)C)CC[C@]4(C)[C@H]3CC[C@H]2C(C)(C)[C@H]1OC(=O)CN=C(N)N. The van der Waals surface area contributed by atoms with E-state index >= 15 is 0 Å². The number of hydrogen-bond donors (Lipinski definition) is 4. The molecule has 0 radical (unpaired) electrons. The Balaban J connectivity index is 1.85. The highest BCUT2D eigenvalue weighted by Gasteiger charge is 2.71. The number of rotatable bonds is 8. The molecule has 260 valence electrons. The van der Waals surface area contributed by atoms with Gasteiger partial charge in [-0.1, -0.05) is 67.0 Å². The number of carboxylic acids is 1. The number of aliphatic carboxylic acids is 1. The van der Waals surface area contributed by atoms with Crippen molar-refractivity contribution in [3.63, 3.8) is 0 Å². The van der Waals surface area contributed by atoms with Crippen molar-refractivity contribution in [1.29, 1.82) is 0 Å². The number of aliphatic hydroxyl groups is 1. The van der Waals surface area contributed by atoms with Crippen LogP contribution in [0.4, 0.5) is 0 Å². The van der Waals surface area contributed by atoms with Gasteiger partial charge in [0, 0.05) is 24.2 Å². The van der Waals surface area contributed by atoms with Gasteiger partial charge in [0.1, 0.15) is 18.8 Å². The number of allylic oxidation sites excluding steroid dienone is 1. The normalized spacial score (nSPS) is 41.0. The van der Waals surface area contributed by atoms with Crippen LogP contribution in [-0.2, 0) is 23.9 Å². The fourth-order valence-corrected chi connectivity index (χ4v) is 11.3. The van der Waals surface area contributed by atoms with Gasteiger partial charge in [0.15, 0.2) is 5.96 Å². The molecular weight excluding hydrogens is 586 g/mol. The standard InChI is InChI=1S/C36H59N3O7/c1-19(2)20(3)33(8)15-16-34(9)23-11-12-26-32(6,7)29(46-27(42)18-39-31(37)38)25(45-22(5)41)17-36(26,21(4)40)24(23)13-14-35(34,10)28(33)30(43)44/h13,19-21,23,25-26,28-29,40H,11-12,14-18H2,1-10H3,(H,43,44)(H4,37,38,39)/t20-,21+,23+,25-,26+,28-,29+,33-,34-,35+,36+/m1/s1. The summed E-state index contributed by atoms with van der Waals surface area (Å²) < 4.78 is 11.9. The predicted molar refractivity (Wildman–Crippen MR) is 176 cm³/mol. The van der Waals surface area contributed by atoms with Gasteiger partial charge in [-0.05, 0) is 78.9 Å². The van der Waals surface area contributed by atoms with Crippen LogP contribution < -0.4 is 11.5 Å². The smallest absolute Gasteiger partial charge is 0.328 e. The first-order valence-corrected chi connectivity index (χ1v) is 17.1. The van der Waals surface area contributed by atoms with E-state index in [1.807, 2.05) is 20.8 Å². The largest absolute Gasteiger partial charge is 0.481 e. The second kappa shape index (κ2) is 12.1. The summed E-state index contributed by atoms with van der Waals surface area (Å²) >= 11 is 0. The Morgan fingerprint density at radius 1 is 1.00 bits per heavy atom. The molecule has 0 saturated heterocycles. The van der Waals surface area contributed by atoms with Crippen molar-refractivity contribution in [2.24, 2.45) is 73.1 Å².